The maximum atomic E-state index is 11.4. The number of hydrogen-bond acceptors (Lipinski definition) is 2. The zero-order chi connectivity index (χ0) is 11.6. The number of hydrogen-bond donors (Lipinski definition) is 0. The van der Waals surface area contributed by atoms with Crippen LogP contribution >= 0.6 is 0 Å². The topological polar surface area (TPSA) is 26.3 Å². The molecule has 3 atom stereocenters. The highest BCUT2D eigenvalue weighted by molar-refractivity contribution is 5.81. The minimum atomic E-state index is -0.256. The van der Waals surface area contributed by atoms with E-state index < -0.39 is 0 Å². The Morgan fingerprint density at radius 1 is 1.31 bits per heavy atom. The van der Waals surface area contributed by atoms with E-state index in [0.717, 1.165) is 12.3 Å². The van der Waals surface area contributed by atoms with Crippen molar-refractivity contribution in [1.82, 2.24) is 0 Å². The number of esters is 1. The van der Waals surface area contributed by atoms with Crippen molar-refractivity contribution in [2.24, 2.45) is 11.8 Å². The highest BCUT2D eigenvalue weighted by atomic mass is 16.6. The summed E-state index contributed by atoms with van der Waals surface area (Å²) in [5.41, 5.74) is -0.228. The van der Waals surface area contributed by atoms with Gasteiger partial charge in [-0.15, -0.1) is 0 Å². The van der Waals surface area contributed by atoms with Gasteiger partial charge in [-0.2, -0.15) is 0 Å². The van der Waals surface area contributed by atoms with Crippen LogP contribution in [-0.4, -0.2) is 11.6 Å². The fourth-order valence-electron chi connectivity index (χ4n) is 3.66. The lowest BCUT2D eigenvalue weighted by Gasteiger charge is -2.47. The van der Waals surface area contributed by atoms with Gasteiger partial charge in [0, 0.05) is 12.0 Å². The lowest BCUT2D eigenvalue weighted by molar-refractivity contribution is -0.167. The third-order valence-corrected chi connectivity index (χ3v) is 4.44. The van der Waals surface area contributed by atoms with E-state index in [1.807, 2.05) is 0 Å². The Hall–Kier alpha value is -0.790. The van der Waals surface area contributed by atoms with E-state index in [1.165, 1.54) is 44.6 Å². The molecular formula is C14H22O2. The van der Waals surface area contributed by atoms with E-state index in [-0.39, 0.29) is 11.6 Å². The summed E-state index contributed by atoms with van der Waals surface area (Å²) in [5, 5.41) is 0. The Balaban J connectivity index is 2.10. The lowest BCUT2D eigenvalue weighted by Crippen LogP contribution is -2.47. The first-order chi connectivity index (χ1) is 7.65. The molecule has 0 spiro atoms. The van der Waals surface area contributed by atoms with Crippen molar-refractivity contribution >= 4 is 5.97 Å². The molecule has 0 radical (unpaired) electrons. The Morgan fingerprint density at radius 3 is 2.75 bits per heavy atom. The summed E-state index contributed by atoms with van der Waals surface area (Å²) in [4.78, 5) is 11.4. The first kappa shape index (κ1) is 11.7. The van der Waals surface area contributed by atoms with Crippen LogP contribution in [0.5, 0.6) is 0 Å². The Labute approximate surface area is 98.1 Å². The third kappa shape index (κ3) is 2.16. The molecule has 0 aromatic carbocycles. The first-order valence-electron chi connectivity index (χ1n) is 6.51. The van der Waals surface area contributed by atoms with Crippen molar-refractivity contribution in [2.75, 3.05) is 0 Å². The zero-order valence-electron chi connectivity index (χ0n) is 10.2. The highest BCUT2D eigenvalue weighted by Gasteiger charge is 2.45. The molecule has 0 aromatic heterocycles. The van der Waals surface area contributed by atoms with Crippen molar-refractivity contribution in [3.05, 3.63) is 12.7 Å². The highest BCUT2D eigenvalue weighted by Crippen LogP contribution is 2.47. The van der Waals surface area contributed by atoms with Gasteiger partial charge in [0.15, 0.2) is 0 Å². The van der Waals surface area contributed by atoms with Crippen molar-refractivity contribution in [3.63, 3.8) is 0 Å². The predicted octanol–water partition coefficient (Wildman–Crippen LogP) is 3.46. The maximum Gasteiger partial charge on any atom is 0.330 e. The van der Waals surface area contributed by atoms with Gasteiger partial charge in [-0.1, -0.05) is 25.8 Å². The molecule has 2 aliphatic carbocycles. The van der Waals surface area contributed by atoms with E-state index in [0.29, 0.717) is 5.92 Å². The number of carbonyl (C=O) groups is 1. The monoisotopic (exact) mass is 222 g/mol. The average Bonchev–Trinajstić information content (AvgIpc) is 2.29. The summed E-state index contributed by atoms with van der Waals surface area (Å²) >= 11 is 0. The van der Waals surface area contributed by atoms with E-state index in [9.17, 15) is 4.79 Å². The molecule has 0 saturated heterocycles. The van der Waals surface area contributed by atoms with Crippen LogP contribution in [0.4, 0.5) is 0 Å². The van der Waals surface area contributed by atoms with Gasteiger partial charge in [0.1, 0.15) is 5.60 Å². The Bertz CT molecular complexity index is 282. The number of rotatable bonds is 2. The first-order valence-corrected chi connectivity index (χ1v) is 6.51. The second kappa shape index (κ2) is 4.60. The molecule has 2 fully saturated rings. The van der Waals surface area contributed by atoms with Crippen LogP contribution in [0.15, 0.2) is 12.7 Å². The summed E-state index contributed by atoms with van der Waals surface area (Å²) in [6, 6.07) is 0. The fraction of sp³-hybridized carbons (Fsp3) is 0.786. The van der Waals surface area contributed by atoms with Crippen molar-refractivity contribution in [3.8, 4) is 0 Å². The summed E-state index contributed by atoms with van der Waals surface area (Å²) in [5.74, 6) is 1.11. The summed E-state index contributed by atoms with van der Waals surface area (Å²) in [7, 11) is 0. The molecule has 0 bridgehead atoms. The molecule has 2 nitrogen and oxygen atoms in total. The van der Waals surface area contributed by atoms with Gasteiger partial charge in [0.2, 0.25) is 0 Å². The van der Waals surface area contributed by atoms with E-state index in [4.69, 9.17) is 4.74 Å². The van der Waals surface area contributed by atoms with Crippen LogP contribution in [0.2, 0.25) is 0 Å². The van der Waals surface area contributed by atoms with Crippen LogP contribution in [0, 0.1) is 11.8 Å². The molecule has 2 saturated carbocycles. The summed E-state index contributed by atoms with van der Waals surface area (Å²) < 4.78 is 5.64. The normalized spacial score (nSPS) is 38.6. The largest absolute Gasteiger partial charge is 0.456 e. The zero-order valence-corrected chi connectivity index (χ0v) is 10.2. The van der Waals surface area contributed by atoms with Gasteiger partial charge in [-0.25, -0.2) is 4.79 Å². The number of carbonyl (C=O) groups excluding carboxylic acids is 1. The molecule has 0 aliphatic heterocycles. The van der Waals surface area contributed by atoms with Gasteiger partial charge in [-0.05, 0) is 38.5 Å². The van der Waals surface area contributed by atoms with Crippen LogP contribution in [-0.2, 0) is 9.53 Å². The Morgan fingerprint density at radius 2 is 2.00 bits per heavy atom. The molecule has 2 heteroatoms. The second-order valence-corrected chi connectivity index (χ2v) is 5.48. The predicted molar refractivity (Wildman–Crippen MR) is 64.0 cm³/mol. The SMILES string of the molecule is C=CC(=O)OC1(C)CCCC2CCCC[C@H]21. The smallest absolute Gasteiger partial charge is 0.330 e. The summed E-state index contributed by atoms with van der Waals surface area (Å²) in [6.07, 6.45) is 10.0. The van der Waals surface area contributed by atoms with Crippen molar-refractivity contribution in [2.45, 2.75) is 57.5 Å². The van der Waals surface area contributed by atoms with E-state index >= 15 is 0 Å². The van der Waals surface area contributed by atoms with Crippen molar-refractivity contribution < 1.29 is 9.53 Å². The lowest BCUT2D eigenvalue weighted by atomic mass is 9.63. The summed E-state index contributed by atoms with van der Waals surface area (Å²) in [6.45, 7) is 5.61. The maximum absolute atomic E-state index is 11.4. The molecule has 2 aliphatic rings. The average molecular weight is 222 g/mol. The molecule has 0 aromatic rings. The van der Waals surface area contributed by atoms with Gasteiger partial charge < -0.3 is 4.74 Å². The third-order valence-electron chi connectivity index (χ3n) is 4.44. The minimum absolute atomic E-state index is 0.228. The van der Waals surface area contributed by atoms with Crippen LogP contribution in [0.1, 0.15) is 51.9 Å². The minimum Gasteiger partial charge on any atom is -0.456 e. The van der Waals surface area contributed by atoms with Gasteiger partial charge in [-0.3, -0.25) is 0 Å². The van der Waals surface area contributed by atoms with Gasteiger partial charge >= 0.3 is 5.97 Å². The number of fused-ring (bicyclic) bond motifs is 1. The van der Waals surface area contributed by atoms with E-state index in [2.05, 4.69) is 13.5 Å². The molecule has 0 amide bonds. The Kier molecular flexibility index (Phi) is 3.36. The standard InChI is InChI=1S/C14H22O2/c1-3-13(15)16-14(2)10-6-8-11-7-4-5-9-12(11)14/h3,11-12H,1,4-10H2,2H3/t11?,12-,14?/m1/s1. The fourth-order valence-corrected chi connectivity index (χ4v) is 3.66. The molecule has 90 valence electrons. The quantitative estimate of drug-likeness (QED) is 0.528. The van der Waals surface area contributed by atoms with Crippen molar-refractivity contribution in [1.29, 1.82) is 0 Å². The molecule has 0 heterocycles. The molecule has 16 heavy (non-hydrogen) atoms. The molecule has 2 rings (SSSR count). The van der Waals surface area contributed by atoms with Crippen LogP contribution in [0.25, 0.3) is 0 Å². The second-order valence-electron chi connectivity index (χ2n) is 5.48. The van der Waals surface area contributed by atoms with E-state index in [1.54, 1.807) is 0 Å². The molecule has 0 N–H and O–H groups in total. The molecular weight excluding hydrogens is 200 g/mol. The van der Waals surface area contributed by atoms with Gasteiger partial charge in [0.25, 0.3) is 0 Å². The molecule has 2 unspecified atom stereocenters. The van der Waals surface area contributed by atoms with Gasteiger partial charge in [0.05, 0.1) is 0 Å². The van der Waals surface area contributed by atoms with Crippen LogP contribution in [0.3, 0.4) is 0 Å². The van der Waals surface area contributed by atoms with Crippen LogP contribution < -0.4 is 0 Å². The number of ether oxygens (including phenoxy) is 1.